The molecule has 0 aliphatic carbocycles. The average molecular weight is 707 g/mol. The number of anilines is 3. The van der Waals surface area contributed by atoms with Crippen molar-refractivity contribution in [2.75, 3.05) is 4.90 Å². The molecule has 10 rings (SSSR count). The highest BCUT2D eigenvalue weighted by atomic mass is 15.2. The highest BCUT2D eigenvalue weighted by Crippen LogP contribution is 2.53. The summed E-state index contributed by atoms with van der Waals surface area (Å²) in [5.41, 5.74) is 11.6. The monoisotopic (exact) mass is 706 g/mol. The summed E-state index contributed by atoms with van der Waals surface area (Å²) in [7, 11) is 0. The van der Waals surface area contributed by atoms with E-state index in [1.54, 1.807) is 0 Å². The van der Waals surface area contributed by atoms with E-state index in [1.165, 1.54) is 16.8 Å². The summed E-state index contributed by atoms with van der Waals surface area (Å²) >= 11 is 0. The molecule has 55 heavy (non-hydrogen) atoms. The first-order valence-corrected chi connectivity index (χ1v) is 18.4. The highest BCUT2D eigenvalue weighted by molar-refractivity contribution is 6.11. The maximum Gasteiger partial charge on any atom is 0.165 e. The molecule has 260 valence electrons. The van der Waals surface area contributed by atoms with Crippen LogP contribution in [-0.2, 0) is 5.41 Å². The number of hydrogen-bond donors (Lipinski definition) is 0. The van der Waals surface area contributed by atoms with Crippen molar-refractivity contribution in [1.82, 2.24) is 19.5 Å². The second-order valence-corrected chi connectivity index (χ2v) is 14.4. The molecule has 6 heteroatoms. The zero-order valence-corrected chi connectivity index (χ0v) is 30.3. The Bertz CT molecular complexity index is 2900. The van der Waals surface area contributed by atoms with Gasteiger partial charge in [0.15, 0.2) is 17.5 Å². The lowest BCUT2D eigenvalue weighted by Gasteiger charge is -2.42. The SMILES string of the molecule is CC1(C)c2ccccc2N(c2ccccc2)c2cc3c4ccccc4n(-c4ccc(-c5nc(-c6ccccc6)nc(-c6ccccc6)n5)c(C#N)c4)c3cc21. The van der Waals surface area contributed by atoms with Crippen LogP contribution in [0.5, 0.6) is 0 Å². The molecular weight excluding hydrogens is 673 g/mol. The molecule has 0 spiro atoms. The molecule has 9 aromatic rings. The number of fused-ring (bicyclic) bond motifs is 5. The highest BCUT2D eigenvalue weighted by Gasteiger charge is 2.37. The Kier molecular flexibility index (Phi) is 7.43. The number of nitriles is 1. The topological polar surface area (TPSA) is 70.6 Å². The van der Waals surface area contributed by atoms with Crippen LogP contribution in [-0.4, -0.2) is 19.5 Å². The lowest BCUT2D eigenvalue weighted by molar-refractivity contribution is 0.632. The van der Waals surface area contributed by atoms with E-state index >= 15 is 0 Å². The Morgan fingerprint density at radius 3 is 1.78 bits per heavy atom. The molecular formula is C49H34N6. The maximum absolute atomic E-state index is 10.7. The molecule has 0 saturated carbocycles. The number of benzene rings is 7. The molecule has 3 heterocycles. The van der Waals surface area contributed by atoms with Gasteiger partial charge in [-0.2, -0.15) is 5.26 Å². The van der Waals surface area contributed by atoms with Crippen molar-refractivity contribution in [3.05, 3.63) is 187 Å². The van der Waals surface area contributed by atoms with Crippen LogP contribution in [0, 0.1) is 11.3 Å². The molecule has 7 aromatic carbocycles. The first-order chi connectivity index (χ1) is 27.0. The average Bonchev–Trinajstić information content (AvgIpc) is 3.57. The van der Waals surface area contributed by atoms with Crippen molar-refractivity contribution in [3.8, 4) is 45.9 Å². The summed E-state index contributed by atoms with van der Waals surface area (Å²) < 4.78 is 2.29. The van der Waals surface area contributed by atoms with Gasteiger partial charge in [-0.05, 0) is 65.7 Å². The van der Waals surface area contributed by atoms with Crippen LogP contribution >= 0.6 is 0 Å². The summed E-state index contributed by atoms with van der Waals surface area (Å²) in [5, 5.41) is 13.0. The van der Waals surface area contributed by atoms with Crippen LogP contribution < -0.4 is 4.90 Å². The van der Waals surface area contributed by atoms with Gasteiger partial charge in [-0.15, -0.1) is 0 Å². The molecule has 2 aromatic heterocycles. The number of para-hydroxylation sites is 3. The third-order valence-corrected chi connectivity index (χ3v) is 10.9. The fourth-order valence-electron chi connectivity index (χ4n) is 8.18. The summed E-state index contributed by atoms with van der Waals surface area (Å²) in [6, 6.07) is 60.9. The van der Waals surface area contributed by atoms with Crippen molar-refractivity contribution in [2.24, 2.45) is 0 Å². The molecule has 1 aliphatic heterocycles. The van der Waals surface area contributed by atoms with E-state index in [2.05, 4.69) is 126 Å². The van der Waals surface area contributed by atoms with Crippen LogP contribution in [0.4, 0.5) is 17.1 Å². The van der Waals surface area contributed by atoms with Gasteiger partial charge in [0.05, 0.1) is 34.0 Å². The van der Waals surface area contributed by atoms with Crippen LogP contribution in [0.25, 0.3) is 61.7 Å². The zero-order valence-electron chi connectivity index (χ0n) is 30.3. The van der Waals surface area contributed by atoms with Gasteiger partial charge in [-0.25, -0.2) is 15.0 Å². The largest absolute Gasteiger partial charge is 0.310 e. The van der Waals surface area contributed by atoms with Gasteiger partial charge in [0.25, 0.3) is 0 Å². The second-order valence-electron chi connectivity index (χ2n) is 14.4. The van der Waals surface area contributed by atoms with Crippen molar-refractivity contribution in [2.45, 2.75) is 19.3 Å². The molecule has 0 radical (unpaired) electrons. The van der Waals surface area contributed by atoms with Gasteiger partial charge in [-0.3, -0.25) is 0 Å². The maximum atomic E-state index is 10.7. The van der Waals surface area contributed by atoms with E-state index in [1.807, 2.05) is 72.8 Å². The van der Waals surface area contributed by atoms with Gasteiger partial charge < -0.3 is 9.47 Å². The molecule has 0 N–H and O–H groups in total. The lowest BCUT2D eigenvalue weighted by Crippen LogP contribution is -2.30. The second kappa shape index (κ2) is 12.6. The standard InChI is InChI=1S/C49H34N6/c1-49(2)40-23-13-15-25-43(40)54(35-20-10-5-11-21-35)45-29-39-38-22-12-14-24-42(38)55(44(39)30-41(45)49)36-26-27-37(34(28-36)31-50)48-52-46(32-16-6-3-7-17-32)51-47(53-48)33-18-8-4-9-19-33/h3-30H,1-2H3. The molecule has 0 bridgehead atoms. The Hall–Kier alpha value is -7.36. The van der Waals surface area contributed by atoms with E-state index in [0.717, 1.165) is 50.0 Å². The molecule has 0 fully saturated rings. The van der Waals surface area contributed by atoms with Gasteiger partial charge in [0.2, 0.25) is 0 Å². The van der Waals surface area contributed by atoms with E-state index in [9.17, 15) is 5.26 Å². The van der Waals surface area contributed by atoms with Crippen molar-refractivity contribution >= 4 is 38.9 Å². The van der Waals surface area contributed by atoms with Crippen molar-refractivity contribution < 1.29 is 0 Å². The Morgan fingerprint density at radius 1 is 0.491 bits per heavy atom. The molecule has 0 unspecified atom stereocenters. The van der Waals surface area contributed by atoms with Crippen molar-refractivity contribution in [3.63, 3.8) is 0 Å². The lowest BCUT2D eigenvalue weighted by atomic mass is 9.73. The Balaban J connectivity index is 1.18. The predicted octanol–water partition coefficient (Wildman–Crippen LogP) is 12.0. The minimum atomic E-state index is -0.278. The quantitative estimate of drug-likeness (QED) is 0.178. The normalized spacial score (nSPS) is 13.0. The fraction of sp³-hybridized carbons (Fsp3) is 0.0612. The van der Waals surface area contributed by atoms with Gasteiger partial charge in [-0.1, -0.05) is 129 Å². The third kappa shape index (κ3) is 5.20. The Labute approximate surface area is 319 Å². The molecule has 6 nitrogen and oxygen atoms in total. The fourth-order valence-corrected chi connectivity index (χ4v) is 8.18. The van der Waals surface area contributed by atoms with E-state index in [0.29, 0.717) is 28.6 Å². The van der Waals surface area contributed by atoms with Crippen LogP contribution in [0.15, 0.2) is 170 Å². The van der Waals surface area contributed by atoms with Crippen molar-refractivity contribution in [1.29, 1.82) is 5.26 Å². The number of aromatic nitrogens is 4. The minimum Gasteiger partial charge on any atom is -0.310 e. The number of nitrogens with zero attached hydrogens (tertiary/aromatic N) is 6. The summed E-state index contributed by atoms with van der Waals surface area (Å²) in [5.74, 6) is 1.56. The molecule has 0 saturated heterocycles. The molecule has 1 aliphatic rings. The van der Waals surface area contributed by atoms with Gasteiger partial charge in [0.1, 0.15) is 0 Å². The van der Waals surface area contributed by atoms with E-state index < -0.39 is 0 Å². The predicted molar refractivity (Wildman–Crippen MR) is 222 cm³/mol. The molecule has 0 atom stereocenters. The van der Waals surface area contributed by atoms with Crippen LogP contribution in [0.1, 0.15) is 30.5 Å². The van der Waals surface area contributed by atoms with E-state index in [-0.39, 0.29) is 5.41 Å². The molecule has 0 amide bonds. The number of hydrogen-bond acceptors (Lipinski definition) is 5. The summed E-state index contributed by atoms with van der Waals surface area (Å²) in [4.78, 5) is 17.1. The van der Waals surface area contributed by atoms with Crippen LogP contribution in [0.3, 0.4) is 0 Å². The van der Waals surface area contributed by atoms with Crippen LogP contribution in [0.2, 0.25) is 0 Å². The third-order valence-electron chi connectivity index (χ3n) is 10.9. The van der Waals surface area contributed by atoms with Gasteiger partial charge >= 0.3 is 0 Å². The summed E-state index contributed by atoms with van der Waals surface area (Å²) in [6.45, 7) is 4.63. The summed E-state index contributed by atoms with van der Waals surface area (Å²) in [6.07, 6.45) is 0. The Morgan fingerprint density at radius 2 is 1.09 bits per heavy atom. The minimum absolute atomic E-state index is 0.278. The smallest absolute Gasteiger partial charge is 0.165 e. The first kappa shape index (κ1) is 32.3. The van der Waals surface area contributed by atoms with Gasteiger partial charge in [0, 0.05) is 44.3 Å². The zero-order chi connectivity index (χ0) is 37.1. The number of rotatable bonds is 5. The first-order valence-electron chi connectivity index (χ1n) is 18.4. The van der Waals surface area contributed by atoms with E-state index in [4.69, 9.17) is 15.0 Å².